The van der Waals surface area contributed by atoms with Crippen LogP contribution in [-0.2, 0) is 0 Å². The molecule has 62 valence electrons. The molecule has 0 heterocycles. The minimum Gasteiger partial charge on any atom is -0.410 e. The number of oxime groups is 1. The first-order valence-corrected chi connectivity index (χ1v) is 3.29. The third-order valence-electron chi connectivity index (χ3n) is 0.733. The molecule has 0 aromatic carbocycles. The molecule has 0 saturated carbocycles. The average Bonchev–Trinajstić information content (AvgIpc) is 1.85. The molecule has 0 spiro atoms. The minimum atomic E-state index is -0.0810. The van der Waals surface area contributed by atoms with Gasteiger partial charge in [-0.05, 0) is 20.8 Å². The molecule has 1 N–H and O–H groups in total. The molecule has 0 aromatic heterocycles. The Labute approximate surface area is 66.4 Å². The fourth-order valence-corrected chi connectivity index (χ4v) is 0.364. The molecule has 0 aromatic rings. The van der Waals surface area contributed by atoms with Gasteiger partial charge in [0.25, 0.3) is 0 Å². The van der Waals surface area contributed by atoms with E-state index in [1.165, 1.54) is 6.21 Å². The van der Waals surface area contributed by atoms with Crippen molar-refractivity contribution in [3.05, 3.63) is 0 Å². The fourth-order valence-electron chi connectivity index (χ4n) is 0.364. The van der Waals surface area contributed by atoms with Gasteiger partial charge in [0.1, 0.15) is 0 Å². The van der Waals surface area contributed by atoms with Crippen LogP contribution < -0.4 is 0 Å². The van der Waals surface area contributed by atoms with Gasteiger partial charge in [-0.1, -0.05) is 5.16 Å². The van der Waals surface area contributed by atoms with E-state index in [2.05, 4.69) is 15.1 Å². The number of rotatable bonds is 2. The van der Waals surface area contributed by atoms with Crippen LogP contribution in [0.25, 0.3) is 0 Å². The second-order valence-electron chi connectivity index (χ2n) is 2.98. The maximum Gasteiger partial charge on any atom is 0.154 e. The SMILES string of the molecule is CC(C)(C)N=CC=NC=NO. The number of hydrogen-bond donors (Lipinski definition) is 1. The van der Waals surface area contributed by atoms with Gasteiger partial charge in [-0.25, -0.2) is 4.99 Å². The molecule has 0 aliphatic carbocycles. The predicted octanol–water partition coefficient (Wildman–Crippen LogP) is 1.34. The molecule has 0 aliphatic heterocycles. The highest BCUT2D eigenvalue weighted by molar-refractivity contribution is 6.17. The summed E-state index contributed by atoms with van der Waals surface area (Å²) in [6.45, 7) is 5.95. The number of aliphatic imine (C=N–C) groups is 2. The van der Waals surface area contributed by atoms with Crippen LogP contribution in [0.2, 0.25) is 0 Å². The van der Waals surface area contributed by atoms with Gasteiger partial charge in [-0.3, -0.25) is 4.99 Å². The van der Waals surface area contributed by atoms with Gasteiger partial charge < -0.3 is 5.21 Å². The first-order valence-electron chi connectivity index (χ1n) is 3.29. The largest absolute Gasteiger partial charge is 0.410 e. The van der Waals surface area contributed by atoms with Crippen LogP contribution in [-0.4, -0.2) is 29.5 Å². The Morgan fingerprint density at radius 2 is 1.82 bits per heavy atom. The Morgan fingerprint density at radius 3 is 2.27 bits per heavy atom. The molecule has 4 nitrogen and oxygen atoms in total. The van der Waals surface area contributed by atoms with Gasteiger partial charge in [0, 0.05) is 12.4 Å². The highest BCUT2D eigenvalue weighted by Gasteiger charge is 2.02. The first kappa shape index (κ1) is 9.81. The van der Waals surface area contributed by atoms with E-state index < -0.39 is 0 Å². The van der Waals surface area contributed by atoms with Crippen molar-refractivity contribution in [3.63, 3.8) is 0 Å². The maximum absolute atomic E-state index is 7.94. The molecule has 0 amide bonds. The Balaban J connectivity index is 3.78. The van der Waals surface area contributed by atoms with Gasteiger partial charge in [0.05, 0.1) is 5.54 Å². The standard InChI is InChI=1S/C7H13N3O/c1-7(2,3)9-5-4-8-6-10-11/h4-6,11H,1-3H3. The second kappa shape index (κ2) is 4.60. The quantitative estimate of drug-likeness (QED) is 0.278. The molecule has 0 radical (unpaired) electrons. The van der Waals surface area contributed by atoms with Crippen molar-refractivity contribution < 1.29 is 5.21 Å². The van der Waals surface area contributed by atoms with E-state index in [1.807, 2.05) is 20.8 Å². The molecule has 0 unspecified atom stereocenters. The van der Waals surface area contributed by atoms with E-state index in [0.717, 1.165) is 6.34 Å². The lowest BCUT2D eigenvalue weighted by Gasteiger charge is -2.09. The summed E-state index contributed by atoms with van der Waals surface area (Å²) in [5, 5.41) is 10.6. The van der Waals surface area contributed by atoms with Gasteiger partial charge in [-0.2, -0.15) is 0 Å². The summed E-state index contributed by atoms with van der Waals surface area (Å²) in [5.74, 6) is 0. The lowest BCUT2D eigenvalue weighted by atomic mass is 10.1. The maximum atomic E-state index is 7.94. The third-order valence-corrected chi connectivity index (χ3v) is 0.733. The van der Waals surface area contributed by atoms with Crippen LogP contribution in [0.1, 0.15) is 20.8 Å². The van der Waals surface area contributed by atoms with Crippen molar-refractivity contribution in [1.29, 1.82) is 0 Å². The summed E-state index contributed by atoms with van der Waals surface area (Å²) in [5.41, 5.74) is -0.0810. The van der Waals surface area contributed by atoms with E-state index in [-0.39, 0.29) is 5.54 Å². The predicted molar refractivity (Wildman–Crippen MR) is 47.0 cm³/mol. The number of hydrogen-bond acceptors (Lipinski definition) is 3. The molecular formula is C7H13N3O. The molecule has 0 rings (SSSR count). The zero-order chi connectivity index (χ0) is 8.74. The smallest absolute Gasteiger partial charge is 0.154 e. The van der Waals surface area contributed by atoms with Crippen LogP contribution in [0.15, 0.2) is 15.1 Å². The van der Waals surface area contributed by atoms with Gasteiger partial charge in [0.15, 0.2) is 6.34 Å². The highest BCUT2D eigenvalue weighted by atomic mass is 16.4. The summed E-state index contributed by atoms with van der Waals surface area (Å²) in [6, 6.07) is 0. The zero-order valence-electron chi connectivity index (χ0n) is 7.02. The lowest BCUT2D eigenvalue weighted by Crippen LogP contribution is -2.09. The summed E-state index contributed by atoms with van der Waals surface area (Å²) >= 11 is 0. The van der Waals surface area contributed by atoms with E-state index in [4.69, 9.17) is 5.21 Å². The third kappa shape index (κ3) is 8.81. The van der Waals surface area contributed by atoms with Crippen LogP contribution >= 0.6 is 0 Å². The topological polar surface area (TPSA) is 57.3 Å². The van der Waals surface area contributed by atoms with Crippen molar-refractivity contribution >= 4 is 18.8 Å². The summed E-state index contributed by atoms with van der Waals surface area (Å²) in [7, 11) is 0. The molecule has 0 saturated heterocycles. The summed E-state index contributed by atoms with van der Waals surface area (Å²) in [4.78, 5) is 7.69. The Hall–Kier alpha value is -1.19. The minimum absolute atomic E-state index is 0.0810. The first-order chi connectivity index (χ1) is 5.06. The number of nitrogens with zero attached hydrogens (tertiary/aromatic N) is 3. The van der Waals surface area contributed by atoms with Crippen molar-refractivity contribution in [3.8, 4) is 0 Å². The van der Waals surface area contributed by atoms with E-state index in [9.17, 15) is 0 Å². The molecule has 4 heteroatoms. The Morgan fingerprint density at radius 1 is 1.18 bits per heavy atom. The second-order valence-corrected chi connectivity index (χ2v) is 2.98. The lowest BCUT2D eigenvalue weighted by molar-refractivity contribution is 0.321. The van der Waals surface area contributed by atoms with Crippen molar-refractivity contribution in [2.45, 2.75) is 26.3 Å². The van der Waals surface area contributed by atoms with Crippen LogP contribution in [0.4, 0.5) is 0 Å². The monoisotopic (exact) mass is 155 g/mol. The summed E-state index contributed by atoms with van der Waals surface area (Å²) in [6.07, 6.45) is 4.07. The van der Waals surface area contributed by atoms with Crippen LogP contribution in [0.3, 0.4) is 0 Å². The average molecular weight is 155 g/mol. The molecule has 0 atom stereocenters. The molecule has 11 heavy (non-hydrogen) atoms. The van der Waals surface area contributed by atoms with Gasteiger partial charge >= 0.3 is 0 Å². The van der Waals surface area contributed by atoms with Crippen molar-refractivity contribution in [2.75, 3.05) is 0 Å². The van der Waals surface area contributed by atoms with Gasteiger partial charge in [0.2, 0.25) is 0 Å². The van der Waals surface area contributed by atoms with Crippen molar-refractivity contribution in [2.24, 2.45) is 15.1 Å². The highest BCUT2D eigenvalue weighted by Crippen LogP contribution is 2.03. The molecular weight excluding hydrogens is 142 g/mol. The van der Waals surface area contributed by atoms with E-state index in [1.54, 1.807) is 6.21 Å². The normalized spacial score (nSPS) is 14.1. The zero-order valence-corrected chi connectivity index (χ0v) is 7.02. The summed E-state index contributed by atoms with van der Waals surface area (Å²) < 4.78 is 0. The van der Waals surface area contributed by atoms with Crippen LogP contribution in [0, 0.1) is 0 Å². The van der Waals surface area contributed by atoms with Crippen molar-refractivity contribution in [1.82, 2.24) is 0 Å². The fraction of sp³-hybridized carbons (Fsp3) is 0.571. The molecule has 0 bridgehead atoms. The van der Waals surface area contributed by atoms with E-state index >= 15 is 0 Å². The Kier molecular flexibility index (Phi) is 4.10. The molecule has 0 fully saturated rings. The van der Waals surface area contributed by atoms with Gasteiger partial charge in [-0.15, -0.1) is 0 Å². The van der Waals surface area contributed by atoms with Crippen LogP contribution in [0.5, 0.6) is 0 Å². The molecule has 0 aliphatic rings. The van der Waals surface area contributed by atoms with E-state index in [0.29, 0.717) is 0 Å². The Bertz CT molecular complexity index is 177.